The molecule has 5 heteroatoms. The first kappa shape index (κ1) is 11.1. The summed E-state index contributed by atoms with van der Waals surface area (Å²) >= 11 is 5.87. The van der Waals surface area contributed by atoms with Gasteiger partial charge in [0.2, 0.25) is 0 Å². The molecule has 0 saturated heterocycles. The Bertz CT molecular complexity index is 455. The molecule has 2 rings (SSSR count). The molecule has 1 aliphatic carbocycles. The van der Waals surface area contributed by atoms with Gasteiger partial charge in [0, 0.05) is 5.56 Å². The maximum absolute atomic E-state index is 11.1. The lowest BCUT2D eigenvalue weighted by molar-refractivity contribution is 0.0695. The minimum atomic E-state index is -0.998. The number of anilines is 1. The van der Waals surface area contributed by atoms with Crippen LogP contribution in [0.5, 0.6) is 5.75 Å². The molecule has 1 fully saturated rings. The Morgan fingerprint density at radius 2 is 2.25 bits per heavy atom. The largest absolute Gasteiger partial charge is 0.494 e. The van der Waals surface area contributed by atoms with Crippen molar-refractivity contribution in [2.75, 3.05) is 12.8 Å². The van der Waals surface area contributed by atoms with Gasteiger partial charge in [-0.05, 0) is 24.8 Å². The van der Waals surface area contributed by atoms with Crippen LogP contribution in [0.3, 0.4) is 0 Å². The summed E-state index contributed by atoms with van der Waals surface area (Å²) in [5.74, 6) is -0.352. The zero-order valence-electron chi connectivity index (χ0n) is 8.79. The predicted octanol–water partition coefficient (Wildman–Crippen LogP) is 2.51. The average Bonchev–Trinajstić information content (AvgIpc) is 3.04. The van der Waals surface area contributed by atoms with Crippen LogP contribution in [-0.4, -0.2) is 18.2 Å². The molecule has 0 atom stereocenters. The van der Waals surface area contributed by atoms with Crippen molar-refractivity contribution in [2.24, 2.45) is 0 Å². The first-order valence-electron chi connectivity index (χ1n) is 4.95. The molecule has 0 radical (unpaired) electrons. The maximum atomic E-state index is 11.1. The molecular formula is C11H12ClNO3. The molecule has 0 amide bonds. The molecule has 0 spiro atoms. The van der Waals surface area contributed by atoms with E-state index in [-0.39, 0.29) is 16.5 Å². The van der Waals surface area contributed by atoms with E-state index in [1.165, 1.54) is 13.2 Å². The number of carboxylic acids is 1. The summed E-state index contributed by atoms with van der Waals surface area (Å²) in [6, 6.07) is 1.40. The van der Waals surface area contributed by atoms with Gasteiger partial charge in [0.1, 0.15) is 5.75 Å². The minimum absolute atomic E-state index is 0.193. The van der Waals surface area contributed by atoms with Crippen molar-refractivity contribution in [1.82, 2.24) is 0 Å². The number of nitrogens with two attached hydrogens (primary N) is 1. The Hall–Kier alpha value is -1.42. The molecule has 86 valence electrons. The van der Waals surface area contributed by atoms with Crippen molar-refractivity contribution in [2.45, 2.75) is 18.8 Å². The van der Waals surface area contributed by atoms with Crippen molar-refractivity contribution in [1.29, 1.82) is 0 Å². The SMILES string of the molecule is COc1c(N)c(Cl)cc(C(=O)O)c1C1CC1. The molecule has 0 aliphatic heterocycles. The zero-order valence-corrected chi connectivity index (χ0v) is 9.54. The lowest BCUT2D eigenvalue weighted by Crippen LogP contribution is -2.06. The van der Waals surface area contributed by atoms with E-state index in [0.717, 1.165) is 12.8 Å². The number of hydrogen-bond donors (Lipinski definition) is 2. The van der Waals surface area contributed by atoms with Gasteiger partial charge in [-0.2, -0.15) is 0 Å². The van der Waals surface area contributed by atoms with Crippen LogP contribution >= 0.6 is 11.6 Å². The van der Waals surface area contributed by atoms with Crippen LogP contribution < -0.4 is 10.5 Å². The van der Waals surface area contributed by atoms with E-state index >= 15 is 0 Å². The first-order chi connectivity index (χ1) is 7.56. The van der Waals surface area contributed by atoms with Crippen molar-refractivity contribution >= 4 is 23.3 Å². The third kappa shape index (κ3) is 1.69. The fourth-order valence-electron chi connectivity index (χ4n) is 1.83. The van der Waals surface area contributed by atoms with Gasteiger partial charge in [0.25, 0.3) is 0 Å². The van der Waals surface area contributed by atoms with Gasteiger partial charge in [-0.25, -0.2) is 4.79 Å². The Morgan fingerprint density at radius 3 is 2.69 bits per heavy atom. The van der Waals surface area contributed by atoms with E-state index in [0.29, 0.717) is 17.0 Å². The first-order valence-corrected chi connectivity index (χ1v) is 5.33. The van der Waals surface area contributed by atoms with E-state index < -0.39 is 5.97 Å². The second-order valence-electron chi connectivity index (χ2n) is 3.85. The average molecular weight is 242 g/mol. The summed E-state index contributed by atoms with van der Waals surface area (Å²) in [5.41, 5.74) is 6.97. The number of hydrogen-bond acceptors (Lipinski definition) is 3. The molecule has 0 bridgehead atoms. The lowest BCUT2D eigenvalue weighted by Gasteiger charge is -2.14. The second kappa shape index (κ2) is 3.87. The van der Waals surface area contributed by atoms with Crippen LogP contribution in [0.15, 0.2) is 6.07 Å². The second-order valence-corrected chi connectivity index (χ2v) is 4.25. The standard InChI is InChI=1S/C11H12ClNO3/c1-16-10-8(5-2-3-5)6(11(14)15)4-7(12)9(10)13/h4-5H,2-3,13H2,1H3,(H,14,15). The fourth-order valence-corrected chi connectivity index (χ4v) is 2.03. The molecule has 3 N–H and O–H groups in total. The number of halogens is 1. The molecule has 4 nitrogen and oxygen atoms in total. The van der Waals surface area contributed by atoms with Gasteiger partial charge < -0.3 is 15.6 Å². The number of rotatable bonds is 3. The molecule has 1 aromatic carbocycles. The number of carbonyl (C=O) groups is 1. The van der Waals surface area contributed by atoms with Crippen LogP contribution in [-0.2, 0) is 0 Å². The molecular weight excluding hydrogens is 230 g/mol. The summed E-state index contributed by atoms with van der Waals surface area (Å²) < 4.78 is 5.18. The number of nitrogen functional groups attached to an aromatic ring is 1. The van der Waals surface area contributed by atoms with E-state index in [2.05, 4.69) is 0 Å². The van der Waals surface area contributed by atoms with Crippen LogP contribution in [0.25, 0.3) is 0 Å². The summed E-state index contributed by atoms with van der Waals surface area (Å²) in [6.07, 6.45) is 1.94. The van der Waals surface area contributed by atoms with Gasteiger partial charge in [-0.1, -0.05) is 11.6 Å². The lowest BCUT2D eigenvalue weighted by atomic mass is 10.0. The van der Waals surface area contributed by atoms with Gasteiger partial charge in [-0.3, -0.25) is 0 Å². The fraction of sp³-hybridized carbons (Fsp3) is 0.364. The monoisotopic (exact) mass is 241 g/mol. The van der Waals surface area contributed by atoms with Crippen LogP contribution in [0.4, 0.5) is 5.69 Å². The number of carboxylic acid groups (broad SMARTS) is 1. The molecule has 0 aromatic heterocycles. The van der Waals surface area contributed by atoms with Gasteiger partial charge in [0.15, 0.2) is 0 Å². The third-order valence-corrected chi connectivity index (χ3v) is 3.04. The number of aromatic carboxylic acids is 1. The molecule has 0 heterocycles. The van der Waals surface area contributed by atoms with E-state index in [9.17, 15) is 4.79 Å². The maximum Gasteiger partial charge on any atom is 0.336 e. The van der Waals surface area contributed by atoms with Crippen molar-refractivity contribution < 1.29 is 14.6 Å². The highest BCUT2D eigenvalue weighted by molar-refractivity contribution is 6.34. The Balaban J connectivity index is 2.68. The topological polar surface area (TPSA) is 72.5 Å². The van der Waals surface area contributed by atoms with Gasteiger partial charge in [0.05, 0.1) is 23.4 Å². The highest BCUT2D eigenvalue weighted by atomic mass is 35.5. The van der Waals surface area contributed by atoms with Crippen molar-refractivity contribution in [3.05, 3.63) is 22.2 Å². The number of methoxy groups -OCH3 is 1. The Kier molecular flexibility index (Phi) is 2.68. The third-order valence-electron chi connectivity index (χ3n) is 2.73. The minimum Gasteiger partial charge on any atom is -0.494 e. The predicted molar refractivity (Wildman–Crippen MR) is 61.4 cm³/mol. The number of ether oxygens (including phenoxy) is 1. The summed E-state index contributed by atoms with van der Waals surface area (Å²) in [5, 5.41) is 9.34. The van der Waals surface area contributed by atoms with E-state index in [1.807, 2.05) is 0 Å². The van der Waals surface area contributed by atoms with Crippen molar-refractivity contribution in [3.8, 4) is 5.75 Å². The molecule has 16 heavy (non-hydrogen) atoms. The van der Waals surface area contributed by atoms with Crippen LogP contribution in [0.2, 0.25) is 5.02 Å². The Labute approximate surface area is 98.0 Å². The highest BCUT2D eigenvalue weighted by Crippen LogP contribution is 2.49. The number of benzene rings is 1. The van der Waals surface area contributed by atoms with Gasteiger partial charge in [-0.15, -0.1) is 0 Å². The summed E-state index contributed by atoms with van der Waals surface area (Å²) in [7, 11) is 1.47. The smallest absolute Gasteiger partial charge is 0.336 e. The summed E-state index contributed by atoms with van der Waals surface area (Å²) in [4.78, 5) is 11.1. The quantitative estimate of drug-likeness (QED) is 0.798. The molecule has 1 saturated carbocycles. The summed E-state index contributed by atoms with van der Waals surface area (Å²) in [6.45, 7) is 0. The van der Waals surface area contributed by atoms with Crippen LogP contribution in [0.1, 0.15) is 34.7 Å². The van der Waals surface area contributed by atoms with Gasteiger partial charge >= 0.3 is 5.97 Å². The molecule has 0 unspecified atom stereocenters. The van der Waals surface area contributed by atoms with Crippen molar-refractivity contribution in [3.63, 3.8) is 0 Å². The van der Waals surface area contributed by atoms with Crippen LogP contribution in [0, 0.1) is 0 Å². The van der Waals surface area contributed by atoms with E-state index in [4.69, 9.17) is 27.2 Å². The zero-order chi connectivity index (χ0) is 11.9. The van der Waals surface area contributed by atoms with E-state index in [1.54, 1.807) is 0 Å². The molecule has 1 aromatic rings. The Morgan fingerprint density at radius 1 is 1.62 bits per heavy atom. The normalized spacial score (nSPS) is 14.9. The highest BCUT2D eigenvalue weighted by Gasteiger charge is 2.33. The molecule has 1 aliphatic rings.